The fraction of sp³-hybridized carbons (Fsp3) is 0.632. The Bertz CT molecular complexity index is 567. The van der Waals surface area contributed by atoms with E-state index in [1.54, 1.807) is 7.11 Å². The summed E-state index contributed by atoms with van der Waals surface area (Å²) in [5.41, 5.74) is 8.27. The number of nitrogens with two attached hydrogens (primary N) is 1. The monoisotopic (exact) mass is 331 g/mol. The summed E-state index contributed by atoms with van der Waals surface area (Å²) >= 11 is 0. The van der Waals surface area contributed by atoms with Crippen LogP contribution in [0.25, 0.3) is 0 Å². The number of guanidine groups is 1. The van der Waals surface area contributed by atoms with Crippen LogP contribution >= 0.6 is 0 Å². The van der Waals surface area contributed by atoms with E-state index in [9.17, 15) is 0 Å². The van der Waals surface area contributed by atoms with Crippen molar-refractivity contribution in [1.29, 1.82) is 0 Å². The molecule has 3 rings (SSSR count). The summed E-state index contributed by atoms with van der Waals surface area (Å²) in [7, 11) is 1.71. The molecule has 0 aliphatic carbocycles. The molecule has 2 aliphatic heterocycles. The summed E-state index contributed by atoms with van der Waals surface area (Å²) in [6.45, 7) is 3.69. The van der Waals surface area contributed by atoms with Crippen LogP contribution in [0.15, 0.2) is 29.3 Å². The summed E-state index contributed by atoms with van der Waals surface area (Å²) < 4.78 is 11.7. The zero-order valence-electron chi connectivity index (χ0n) is 14.7. The quantitative estimate of drug-likeness (QED) is 0.679. The average Bonchev–Trinajstić information content (AvgIpc) is 2.90. The Hall–Kier alpha value is -1.59. The van der Waals surface area contributed by atoms with Crippen molar-refractivity contribution in [2.45, 2.75) is 37.7 Å². The number of methoxy groups -OCH3 is 1. The van der Waals surface area contributed by atoms with Crippen LogP contribution in [0.2, 0.25) is 0 Å². The van der Waals surface area contributed by atoms with Crippen molar-refractivity contribution in [3.63, 3.8) is 0 Å². The van der Waals surface area contributed by atoms with Gasteiger partial charge in [0.25, 0.3) is 0 Å². The van der Waals surface area contributed by atoms with Crippen LogP contribution in [0.1, 0.15) is 36.8 Å². The van der Waals surface area contributed by atoms with E-state index >= 15 is 0 Å². The normalized spacial score (nSPS) is 25.2. The topological polar surface area (TPSA) is 60.1 Å². The number of hydrogen-bond donors (Lipinski definition) is 1. The summed E-state index contributed by atoms with van der Waals surface area (Å²) in [6, 6.07) is 8.44. The molecule has 132 valence electrons. The maximum atomic E-state index is 6.29. The molecule has 1 saturated heterocycles. The van der Waals surface area contributed by atoms with E-state index < -0.39 is 5.60 Å². The number of ether oxygens (including phenoxy) is 2. The largest absolute Gasteiger partial charge is 0.381 e. The molecule has 24 heavy (non-hydrogen) atoms. The number of benzene rings is 1. The van der Waals surface area contributed by atoms with Gasteiger partial charge in [0.15, 0.2) is 5.96 Å². The molecule has 5 nitrogen and oxygen atoms in total. The van der Waals surface area contributed by atoms with E-state index in [1.165, 1.54) is 36.8 Å². The first kappa shape index (κ1) is 17.2. The minimum absolute atomic E-state index is 0.487. The molecule has 1 atom stereocenters. The SMILES string of the molecule is COCC1(CN=C(N)N2CCCCCC2)OCCc2ccccc21. The predicted octanol–water partition coefficient (Wildman–Crippen LogP) is 2.29. The van der Waals surface area contributed by atoms with E-state index in [-0.39, 0.29) is 0 Å². The van der Waals surface area contributed by atoms with E-state index in [2.05, 4.69) is 29.2 Å². The van der Waals surface area contributed by atoms with E-state index in [4.69, 9.17) is 20.2 Å². The smallest absolute Gasteiger partial charge is 0.191 e. The van der Waals surface area contributed by atoms with Gasteiger partial charge < -0.3 is 20.1 Å². The molecule has 0 amide bonds. The lowest BCUT2D eigenvalue weighted by Gasteiger charge is -2.38. The van der Waals surface area contributed by atoms with Gasteiger partial charge in [0, 0.05) is 20.2 Å². The Morgan fingerprint density at radius 1 is 1.25 bits per heavy atom. The van der Waals surface area contributed by atoms with Crippen molar-refractivity contribution in [3.8, 4) is 0 Å². The molecular formula is C19H29N3O2. The van der Waals surface area contributed by atoms with Crippen molar-refractivity contribution in [2.75, 3.05) is 40.0 Å². The van der Waals surface area contributed by atoms with Gasteiger partial charge >= 0.3 is 0 Å². The third-order valence-electron chi connectivity index (χ3n) is 5.06. The van der Waals surface area contributed by atoms with Gasteiger partial charge in [-0.3, -0.25) is 0 Å². The van der Waals surface area contributed by atoms with Crippen LogP contribution in [0.3, 0.4) is 0 Å². The Morgan fingerprint density at radius 2 is 2.00 bits per heavy atom. The Labute approximate surface area is 144 Å². The predicted molar refractivity (Wildman–Crippen MR) is 96.2 cm³/mol. The molecule has 1 aromatic carbocycles. The molecule has 2 N–H and O–H groups in total. The van der Waals surface area contributed by atoms with E-state index in [0.717, 1.165) is 19.5 Å². The van der Waals surface area contributed by atoms with Gasteiger partial charge in [-0.05, 0) is 30.4 Å². The molecule has 1 aromatic rings. The number of aliphatic imine (C=N–C) groups is 1. The second-order valence-corrected chi connectivity index (χ2v) is 6.76. The molecular weight excluding hydrogens is 302 g/mol. The molecule has 0 radical (unpaired) electrons. The molecule has 0 saturated carbocycles. The van der Waals surface area contributed by atoms with Crippen molar-refractivity contribution < 1.29 is 9.47 Å². The molecule has 0 aromatic heterocycles. The first-order valence-corrected chi connectivity index (χ1v) is 9.01. The molecule has 1 fully saturated rings. The highest BCUT2D eigenvalue weighted by Crippen LogP contribution is 2.34. The number of rotatable bonds is 4. The standard InChI is InChI=1S/C19H29N3O2/c1-23-15-19(17-9-5-4-8-16(17)10-13-24-19)14-21-18(20)22-11-6-2-3-7-12-22/h4-5,8-9H,2-3,6-7,10-15H2,1H3,(H2,20,21). The van der Waals surface area contributed by atoms with Gasteiger partial charge in [-0.1, -0.05) is 37.1 Å². The number of fused-ring (bicyclic) bond motifs is 1. The summed E-state index contributed by atoms with van der Waals surface area (Å²) in [5, 5.41) is 0. The van der Waals surface area contributed by atoms with Gasteiger partial charge in [-0.2, -0.15) is 0 Å². The lowest BCUT2D eigenvalue weighted by molar-refractivity contribution is -0.0960. The molecule has 0 spiro atoms. The third-order valence-corrected chi connectivity index (χ3v) is 5.06. The lowest BCUT2D eigenvalue weighted by Crippen LogP contribution is -2.44. The van der Waals surface area contributed by atoms with Crippen molar-refractivity contribution in [1.82, 2.24) is 4.90 Å². The van der Waals surface area contributed by atoms with Gasteiger partial charge in [0.1, 0.15) is 5.60 Å². The maximum absolute atomic E-state index is 6.29. The van der Waals surface area contributed by atoms with Gasteiger partial charge in [0.05, 0.1) is 19.8 Å². The maximum Gasteiger partial charge on any atom is 0.191 e. The second kappa shape index (κ2) is 7.99. The first-order chi connectivity index (χ1) is 11.7. The first-order valence-electron chi connectivity index (χ1n) is 9.01. The van der Waals surface area contributed by atoms with Crippen LogP contribution in [0.4, 0.5) is 0 Å². The third kappa shape index (κ3) is 3.73. The van der Waals surface area contributed by atoms with Gasteiger partial charge in [0.2, 0.25) is 0 Å². The number of hydrogen-bond acceptors (Lipinski definition) is 3. The summed E-state index contributed by atoms with van der Waals surface area (Å²) in [5.74, 6) is 0.638. The minimum Gasteiger partial charge on any atom is -0.381 e. The van der Waals surface area contributed by atoms with E-state index in [0.29, 0.717) is 25.7 Å². The zero-order chi connectivity index (χ0) is 16.8. The Balaban J connectivity index is 1.80. The fourth-order valence-electron chi connectivity index (χ4n) is 3.75. The van der Waals surface area contributed by atoms with Crippen LogP contribution in [0.5, 0.6) is 0 Å². The van der Waals surface area contributed by atoms with Crippen molar-refractivity contribution >= 4 is 5.96 Å². The molecule has 2 aliphatic rings. The summed E-state index contributed by atoms with van der Waals surface area (Å²) in [4.78, 5) is 6.93. The van der Waals surface area contributed by atoms with Crippen LogP contribution in [0, 0.1) is 0 Å². The van der Waals surface area contributed by atoms with Crippen molar-refractivity contribution in [3.05, 3.63) is 35.4 Å². The highest BCUT2D eigenvalue weighted by Gasteiger charge is 2.38. The average molecular weight is 331 g/mol. The Kier molecular flexibility index (Phi) is 5.74. The van der Waals surface area contributed by atoms with Crippen LogP contribution in [-0.4, -0.2) is 50.8 Å². The highest BCUT2D eigenvalue weighted by molar-refractivity contribution is 5.78. The fourth-order valence-corrected chi connectivity index (χ4v) is 3.75. The van der Waals surface area contributed by atoms with Crippen LogP contribution < -0.4 is 5.73 Å². The van der Waals surface area contributed by atoms with E-state index in [1.807, 2.05) is 0 Å². The number of likely N-dealkylation sites (tertiary alicyclic amines) is 1. The minimum atomic E-state index is -0.528. The molecule has 5 heteroatoms. The van der Waals surface area contributed by atoms with Gasteiger partial charge in [-0.25, -0.2) is 4.99 Å². The zero-order valence-corrected chi connectivity index (χ0v) is 14.7. The molecule has 1 unspecified atom stereocenters. The lowest BCUT2D eigenvalue weighted by atomic mass is 9.86. The van der Waals surface area contributed by atoms with Crippen molar-refractivity contribution in [2.24, 2.45) is 10.7 Å². The highest BCUT2D eigenvalue weighted by atomic mass is 16.5. The summed E-state index contributed by atoms with van der Waals surface area (Å²) in [6.07, 6.45) is 5.90. The molecule has 2 heterocycles. The number of nitrogens with zero attached hydrogens (tertiary/aromatic N) is 2. The van der Waals surface area contributed by atoms with Gasteiger partial charge in [-0.15, -0.1) is 0 Å². The Morgan fingerprint density at radius 3 is 2.75 bits per heavy atom. The van der Waals surface area contributed by atoms with Crippen LogP contribution in [-0.2, 0) is 21.5 Å². The second-order valence-electron chi connectivity index (χ2n) is 6.76. The molecule has 0 bridgehead atoms.